The van der Waals surface area contributed by atoms with Crippen LogP contribution in [0.15, 0.2) is 24.3 Å². The van der Waals surface area contributed by atoms with E-state index in [1.165, 1.54) is 50.5 Å². The van der Waals surface area contributed by atoms with E-state index in [9.17, 15) is 0 Å². The number of hydrogen-bond acceptors (Lipinski definition) is 3. The molecule has 1 aromatic rings. The van der Waals surface area contributed by atoms with Crippen molar-refractivity contribution in [3.8, 4) is 0 Å². The fraction of sp³-hybridized carbons (Fsp3) is 0.667. The Balaban J connectivity index is 1.50. The van der Waals surface area contributed by atoms with E-state index in [4.69, 9.17) is 9.47 Å². The van der Waals surface area contributed by atoms with Crippen LogP contribution in [-0.4, -0.2) is 25.4 Å². The highest BCUT2D eigenvalue weighted by molar-refractivity contribution is 5.45. The second-order valence-electron chi connectivity index (χ2n) is 6.54. The molecule has 0 radical (unpaired) electrons. The summed E-state index contributed by atoms with van der Waals surface area (Å²) in [6.07, 6.45) is 9.45. The molecule has 1 saturated heterocycles. The summed E-state index contributed by atoms with van der Waals surface area (Å²) in [6.45, 7) is 1.58. The zero-order valence-electron chi connectivity index (χ0n) is 13.1. The van der Waals surface area contributed by atoms with E-state index in [0.29, 0.717) is 12.7 Å². The second-order valence-corrected chi connectivity index (χ2v) is 6.54. The Morgan fingerprint density at radius 3 is 2.90 bits per heavy atom. The first-order valence-corrected chi connectivity index (χ1v) is 8.29. The lowest BCUT2D eigenvalue weighted by Crippen LogP contribution is -2.33. The quantitative estimate of drug-likeness (QED) is 0.884. The van der Waals surface area contributed by atoms with Gasteiger partial charge in [0.25, 0.3) is 0 Å². The van der Waals surface area contributed by atoms with Crippen LogP contribution < -0.4 is 5.32 Å². The summed E-state index contributed by atoms with van der Waals surface area (Å²) in [5, 5.41) is 3.53. The Hall–Kier alpha value is -1.06. The van der Waals surface area contributed by atoms with Crippen LogP contribution in [0.4, 0.5) is 5.69 Å². The lowest BCUT2D eigenvalue weighted by Gasteiger charge is -2.33. The molecule has 1 aliphatic carbocycles. The largest absolute Gasteiger partial charge is 0.382 e. The van der Waals surface area contributed by atoms with E-state index in [-0.39, 0.29) is 5.60 Å². The molecule has 0 bridgehead atoms. The predicted octanol–water partition coefficient (Wildman–Crippen LogP) is 4.13. The standard InChI is InChI=1S/C18H27NO2/c1-20-14-15-6-5-7-16(12-15)19-13-17-8-11-18(21-17)9-3-2-4-10-18/h5-7,12,17,19H,2-4,8-11,13-14H2,1H3. The summed E-state index contributed by atoms with van der Waals surface area (Å²) >= 11 is 0. The molecule has 116 valence electrons. The van der Waals surface area contributed by atoms with Crippen molar-refractivity contribution in [3.05, 3.63) is 29.8 Å². The monoisotopic (exact) mass is 289 g/mol. The van der Waals surface area contributed by atoms with Crippen molar-refractivity contribution in [2.75, 3.05) is 19.0 Å². The van der Waals surface area contributed by atoms with Gasteiger partial charge in [0.15, 0.2) is 0 Å². The maximum atomic E-state index is 6.40. The van der Waals surface area contributed by atoms with Crippen LogP contribution in [0.3, 0.4) is 0 Å². The van der Waals surface area contributed by atoms with Gasteiger partial charge in [-0.2, -0.15) is 0 Å². The zero-order valence-corrected chi connectivity index (χ0v) is 13.1. The van der Waals surface area contributed by atoms with E-state index < -0.39 is 0 Å². The maximum Gasteiger partial charge on any atom is 0.0756 e. The van der Waals surface area contributed by atoms with Crippen molar-refractivity contribution >= 4 is 5.69 Å². The molecule has 1 atom stereocenters. The average molecular weight is 289 g/mol. The molecule has 2 fully saturated rings. The van der Waals surface area contributed by atoms with Crippen molar-refractivity contribution in [1.29, 1.82) is 0 Å². The van der Waals surface area contributed by atoms with Gasteiger partial charge in [-0.25, -0.2) is 0 Å². The van der Waals surface area contributed by atoms with Crippen LogP contribution in [0, 0.1) is 0 Å². The summed E-state index contributed by atoms with van der Waals surface area (Å²) in [6, 6.07) is 8.45. The van der Waals surface area contributed by atoms with Crippen LogP contribution in [0.5, 0.6) is 0 Å². The van der Waals surface area contributed by atoms with Crippen LogP contribution in [0.25, 0.3) is 0 Å². The molecule has 0 aromatic heterocycles. The van der Waals surface area contributed by atoms with Crippen LogP contribution in [-0.2, 0) is 16.1 Å². The molecule has 1 saturated carbocycles. The topological polar surface area (TPSA) is 30.5 Å². The molecule has 2 aliphatic rings. The fourth-order valence-corrected chi connectivity index (χ4v) is 3.77. The first-order chi connectivity index (χ1) is 10.3. The van der Waals surface area contributed by atoms with Gasteiger partial charge in [0, 0.05) is 19.3 Å². The molecule has 1 heterocycles. The zero-order chi connectivity index (χ0) is 14.5. The number of hydrogen-bond donors (Lipinski definition) is 1. The number of benzene rings is 1. The molecule has 0 amide bonds. The van der Waals surface area contributed by atoms with E-state index >= 15 is 0 Å². The van der Waals surface area contributed by atoms with Gasteiger partial charge < -0.3 is 14.8 Å². The summed E-state index contributed by atoms with van der Waals surface area (Å²) in [5.74, 6) is 0. The number of nitrogens with one attached hydrogen (secondary N) is 1. The molecule has 3 heteroatoms. The van der Waals surface area contributed by atoms with Gasteiger partial charge in [-0.05, 0) is 43.4 Å². The Labute approximate surface area is 128 Å². The summed E-state index contributed by atoms with van der Waals surface area (Å²) < 4.78 is 11.6. The summed E-state index contributed by atoms with van der Waals surface area (Å²) in [7, 11) is 1.73. The van der Waals surface area contributed by atoms with Gasteiger partial charge >= 0.3 is 0 Å². The molecule has 1 N–H and O–H groups in total. The third kappa shape index (κ3) is 3.78. The molecule has 1 unspecified atom stereocenters. The molecule has 21 heavy (non-hydrogen) atoms. The summed E-state index contributed by atoms with van der Waals surface area (Å²) in [4.78, 5) is 0. The third-order valence-electron chi connectivity index (χ3n) is 4.88. The lowest BCUT2D eigenvalue weighted by atomic mass is 9.83. The van der Waals surface area contributed by atoms with Gasteiger partial charge in [0.05, 0.1) is 18.3 Å². The minimum atomic E-state index is 0.225. The second kappa shape index (κ2) is 6.80. The highest BCUT2D eigenvalue weighted by atomic mass is 16.5. The normalized spacial score (nSPS) is 24.3. The lowest BCUT2D eigenvalue weighted by molar-refractivity contribution is -0.0588. The van der Waals surface area contributed by atoms with E-state index in [1.807, 2.05) is 0 Å². The van der Waals surface area contributed by atoms with Crippen LogP contribution >= 0.6 is 0 Å². The Morgan fingerprint density at radius 2 is 2.10 bits per heavy atom. The third-order valence-corrected chi connectivity index (χ3v) is 4.88. The first kappa shape index (κ1) is 14.9. The summed E-state index contributed by atoms with van der Waals surface area (Å²) in [5.41, 5.74) is 2.60. The molecule has 1 aliphatic heterocycles. The van der Waals surface area contributed by atoms with Gasteiger partial charge in [0.1, 0.15) is 0 Å². The number of methoxy groups -OCH3 is 1. The van der Waals surface area contributed by atoms with E-state index in [2.05, 4.69) is 29.6 Å². The molecular formula is C18H27NO2. The van der Waals surface area contributed by atoms with Crippen molar-refractivity contribution < 1.29 is 9.47 Å². The predicted molar refractivity (Wildman–Crippen MR) is 85.6 cm³/mol. The van der Waals surface area contributed by atoms with Crippen molar-refractivity contribution in [3.63, 3.8) is 0 Å². The van der Waals surface area contributed by atoms with Gasteiger partial charge in [-0.3, -0.25) is 0 Å². The SMILES string of the molecule is COCc1cccc(NCC2CCC3(CCCCC3)O2)c1. The number of rotatable bonds is 5. The Kier molecular flexibility index (Phi) is 4.81. The Morgan fingerprint density at radius 1 is 1.24 bits per heavy atom. The Bertz CT molecular complexity index is 454. The molecule has 1 spiro atoms. The van der Waals surface area contributed by atoms with Gasteiger partial charge in [0.2, 0.25) is 0 Å². The minimum absolute atomic E-state index is 0.225. The van der Waals surface area contributed by atoms with E-state index in [0.717, 1.165) is 12.2 Å². The van der Waals surface area contributed by atoms with Crippen LogP contribution in [0.1, 0.15) is 50.5 Å². The molecule has 3 nitrogen and oxygen atoms in total. The van der Waals surface area contributed by atoms with Gasteiger partial charge in [-0.15, -0.1) is 0 Å². The maximum absolute atomic E-state index is 6.40. The molecule has 3 rings (SSSR count). The number of anilines is 1. The average Bonchev–Trinajstić information content (AvgIpc) is 2.89. The van der Waals surface area contributed by atoms with Crippen molar-refractivity contribution in [2.24, 2.45) is 0 Å². The first-order valence-electron chi connectivity index (χ1n) is 8.29. The highest BCUT2D eigenvalue weighted by Crippen LogP contribution is 2.41. The minimum Gasteiger partial charge on any atom is -0.382 e. The van der Waals surface area contributed by atoms with E-state index in [1.54, 1.807) is 7.11 Å². The van der Waals surface area contributed by atoms with Crippen molar-refractivity contribution in [2.45, 2.75) is 63.3 Å². The smallest absolute Gasteiger partial charge is 0.0756 e. The van der Waals surface area contributed by atoms with Crippen molar-refractivity contribution in [1.82, 2.24) is 0 Å². The fourth-order valence-electron chi connectivity index (χ4n) is 3.77. The van der Waals surface area contributed by atoms with Crippen LogP contribution in [0.2, 0.25) is 0 Å². The highest BCUT2D eigenvalue weighted by Gasteiger charge is 2.40. The molecule has 1 aromatic carbocycles. The van der Waals surface area contributed by atoms with Gasteiger partial charge in [-0.1, -0.05) is 31.4 Å². The number of ether oxygens (including phenoxy) is 2. The molecular weight excluding hydrogens is 262 g/mol.